The Labute approximate surface area is 77.0 Å². The lowest BCUT2D eigenvalue weighted by Crippen LogP contribution is -2.22. The van der Waals surface area contributed by atoms with Crippen LogP contribution < -0.4 is 5.73 Å². The van der Waals surface area contributed by atoms with Gasteiger partial charge in [0, 0.05) is 18.5 Å². The fourth-order valence-electron chi connectivity index (χ4n) is 1.85. The van der Waals surface area contributed by atoms with Crippen LogP contribution in [0.5, 0.6) is 0 Å². The van der Waals surface area contributed by atoms with E-state index < -0.39 is 0 Å². The van der Waals surface area contributed by atoms with Crippen LogP contribution in [0.1, 0.15) is 37.0 Å². The van der Waals surface area contributed by atoms with Crippen molar-refractivity contribution in [2.75, 3.05) is 0 Å². The van der Waals surface area contributed by atoms with E-state index in [4.69, 9.17) is 15.0 Å². The molecule has 13 heavy (non-hydrogen) atoms. The highest BCUT2D eigenvalue weighted by atomic mass is 16.5. The van der Waals surface area contributed by atoms with Gasteiger partial charge >= 0.3 is 0 Å². The minimum absolute atomic E-state index is 0.0588. The number of nitrogens with two attached hydrogens (primary N) is 1. The Morgan fingerprint density at radius 1 is 1.54 bits per heavy atom. The number of hydrogen-bond donors (Lipinski definition) is 1. The van der Waals surface area contributed by atoms with Crippen LogP contribution in [-0.4, -0.2) is 11.3 Å². The van der Waals surface area contributed by atoms with Crippen LogP contribution in [0, 0.1) is 0 Å². The van der Waals surface area contributed by atoms with Crippen LogP contribution in [-0.2, 0) is 17.7 Å². The smallest absolute Gasteiger partial charge is 0.145 e. The second-order valence-corrected chi connectivity index (χ2v) is 3.46. The predicted octanol–water partition coefficient (Wildman–Crippen LogP) is 1.16. The highest BCUT2D eigenvalue weighted by molar-refractivity contribution is 5.27. The van der Waals surface area contributed by atoms with Crippen molar-refractivity contribution in [2.24, 2.45) is 5.73 Å². The molecule has 0 aromatic carbocycles. The van der Waals surface area contributed by atoms with Gasteiger partial charge in [0.1, 0.15) is 11.5 Å². The van der Waals surface area contributed by atoms with E-state index in [1.807, 2.05) is 13.8 Å². The minimum atomic E-state index is 0.0588. The number of rotatable bonds is 1. The molecule has 0 aliphatic carbocycles. The van der Waals surface area contributed by atoms with E-state index in [2.05, 4.69) is 5.16 Å². The molecule has 0 saturated carbocycles. The quantitative estimate of drug-likeness (QED) is 0.707. The van der Waals surface area contributed by atoms with Gasteiger partial charge in [0.25, 0.3) is 0 Å². The maximum absolute atomic E-state index is 5.66. The standard InChI is InChI=1S/C9H14N2O2/c1-5-3-8-9(6(2)12-5)7(4-10)11-13-8/h5-6H,3-4,10H2,1-2H3. The van der Waals surface area contributed by atoms with E-state index >= 15 is 0 Å². The maximum atomic E-state index is 5.66. The molecular formula is C9H14N2O2. The first-order valence-corrected chi connectivity index (χ1v) is 4.55. The van der Waals surface area contributed by atoms with Crippen LogP contribution >= 0.6 is 0 Å². The molecule has 4 heteroatoms. The Morgan fingerprint density at radius 3 is 3.00 bits per heavy atom. The van der Waals surface area contributed by atoms with E-state index in [9.17, 15) is 0 Å². The van der Waals surface area contributed by atoms with Crippen molar-refractivity contribution in [3.05, 3.63) is 17.0 Å². The SMILES string of the molecule is CC1Cc2onc(CN)c2C(C)O1. The van der Waals surface area contributed by atoms with Crippen molar-refractivity contribution in [2.45, 2.75) is 39.0 Å². The van der Waals surface area contributed by atoms with Crippen molar-refractivity contribution in [1.29, 1.82) is 0 Å². The summed E-state index contributed by atoms with van der Waals surface area (Å²) >= 11 is 0. The van der Waals surface area contributed by atoms with E-state index in [0.29, 0.717) is 6.54 Å². The summed E-state index contributed by atoms with van der Waals surface area (Å²) in [5.41, 5.74) is 7.42. The monoisotopic (exact) mass is 182 g/mol. The molecule has 2 unspecified atom stereocenters. The second-order valence-electron chi connectivity index (χ2n) is 3.46. The summed E-state index contributed by atoms with van der Waals surface area (Å²) in [5, 5.41) is 3.92. The lowest BCUT2D eigenvalue weighted by atomic mass is 10.0. The molecule has 1 aliphatic rings. The van der Waals surface area contributed by atoms with Crippen molar-refractivity contribution in [3.63, 3.8) is 0 Å². The van der Waals surface area contributed by atoms with Crippen LogP contribution in [0.25, 0.3) is 0 Å². The Balaban J connectivity index is 2.40. The van der Waals surface area contributed by atoms with Crippen molar-refractivity contribution in [1.82, 2.24) is 5.16 Å². The third-order valence-electron chi connectivity index (χ3n) is 2.39. The summed E-state index contributed by atoms with van der Waals surface area (Å²) in [6.07, 6.45) is 1.07. The highest BCUT2D eigenvalue weighted by Gasteiger charge is 2.28. The topological polar surface area (TPSA) is 61.3 Å². The molecular weight excluding hydrogens is 168 g/mol. The Bertz CT molecular complexity index is 309. The van der Waals surface area contributed by atoms with Gasteiger partial charge in [-0.25, -0.2) is 0 Å². The molecule has 2 N–H and O–H groups in total. The number of hydrogen-bond acceptors (Lipinski definition) is 4. The molecule has 2 atom stereocenters. The summed E-state index contributed by atoms with van der Waals surface area (Å²) in [5.74, 6) is 0.937. The number of fused-ring (bicyclic) bond motifs is 1. The first-order valence-electron chi connectivity index (χ1n) is 4.55. The van der Waals surface area contributed by atoms with E-state index in [-0.39, 0.29) is 12.2 Å². The predicted molar refractivity (Wildman–Crippen MR) is 47.1 cm³/mol. The lowest BCUT2D eigenvalue weighted by molar-refractivity contribution is -0.0101. The van der Waals surface area contributed by atoms with Crippen LogP contribution in [0.3, 0.4) is 0 Å². The molecule has 0 amide bonds. The van der Waals surface area contributed by atoms with Gasteiger partial charge in [0.05, 0.1) is 12.2 Å². The van der Waals surface area contributed by atoms with Crippen molar-refractivity contribution >= 4 is 0 Å². The summed E-state index contributed by atoms with van der Waals surface area (Å²) < 4.78 is 10.9. The molecule has 1 aliphatic heterocycles. The largest absolute Gasteiger partial charge is 0.370 e. The molecule has 2 heterocycles. The lowest BCUT2D eigenvalue weighted by Gasteiger charge is -2.24. The van der Waals surface area contributed by atoms with E-state index in [1.165, 1.54) is 0 Å². The molecule has 72 valence electrons. The highest BCUT2D eigenvalue weighted by Crippen LogP contribution is 2.32. The van der Waals surface area contributed by atoms with Crippen LogP contribution in [0.15, 0.2) is 4.52 Å². The minimum Gasteiger partial charge on any atom is -0.370 e. The average Bonchev–Trinajstić information content (AvgIpc) is 2.47. The van der Waals surface area contributed by atoms with Gasteiger partial charge in [-0.3, -0.25) is 0 Å². The first kappa shape index (κ1) is 8.72. The number of aromatic nitrogens is 1. The Kier molecular flexibility index (Phi) is 2.09. The van der Waals surface area contributed by atoms with Gasteiger partial charge in [-0.2, -0.15) is 0 Å². The third kappa shape index (κ3) is 1.36. The number of ether oxygens (including phenoxy) is 1. The van der Waals surface area contributed by atoms with E-state index in [1.54, 1.807) is 0 Å². The van der Waals surface area contributed by atoms with Gasteiger partial charge in [0.15, 0.2) is 0 Å². The zero-order chi connectivity index (χ0) is 9.42. The van der Waals surface area contributed by atoms with Crippen LogP contribution in [0.4, 0.5) is 0 Å². The number of nitrogens with zero attached hydrogens (tertiary/aromatic N) is 1. The van der Waals surface area contributed by atoms with Gasteiger partial charge in [0.2, 0.25) is 0 Å². The van der Waals surface area contributed by atoms with Gasteiger partial charge in [-0.15, -0.1) is 0 Å². The summed E-state index contributed by atoms with van der Waals surface area (Å²) in [4.78, 5) is 0. The zero-order valence-corrected chi connectivity index (χ0v) is 7.91. The fourth-order valence-corrected chi connectivity index (χ4v) is 1.85. The summed E-state index contributed by atoms with van der Waals surface area (Å²) in [6, 6.07) is 0. The fraction of sp³-hybridized carbons (Fsp3) is 0.667. The molecule has 0 saturated heterocycles. The zero-order valence-electron chi connectivity index (χ0n) is 7.91. The summed E-state index contributed by atoms with van der Waals surface area (Å²) in [6.45, 7) is 4.45. The molecule has 0 fully saturated rings. The third-order valence-corrected chi connectivity index (χ3v) is 2.39. The van der Waals surface area contributed by atoms with Gasteiger partial charge in [-0.1, -0.05) is 5.16 Å². The van der Waals surface area contributed by atoms with E-state index in [0.717, 1.165) is 23.4 Å². The van der Waals surface area contributed by atoms with Crippen molar-refractivity contribution < 1.29 is 9.26 Å². The molecule has 1 aromatic heterocycles. The molecule has 0 spiro atoms. The van der Waals surface area contributed by atoms with Gasteiger partial charge < -0.3 is 15.0 Å². The summed E-state index contributed by atoms with van der Waals surface area (Å²) in [7, 11) is 0. The van der Waals surface area contributed by atoms with Crippen LogP contribution in [0.2, 0.25) is 0 Å². The molecule has 4 nitrogen and oxygen atoms in total. The molecule has 0 radical (unpaired) electrons. The molecule has 0 bridgehead atoms. The first-order chi connectivity index (χ1) is 6.22. The maximum Gasteiger partial charge on any atom is 0.145 e. The Hall–Kier alpha value is -0.870. The normalized spacial score (nSPS) is 27.3. The van der Waals surface area contributed by atoms with Gasteiger partial charge in [-0.05, 0) is 13.8 Å². The average molecular weight is 182 g/mol. The Morgan fingerprint density at radius 2 is 2.31 bits per heavy atom. The molecule has 2 rings (SSSR count). The second kappa shape index (κ2) is 3.12. The molecule has 1 aromatic rings. The van der Waals surface area contributed by atoms with Crippen molar-refractivity contribution in [3.8, 4) is 0 Å².